The molecule has 0 aromatic heterocycles. The van der Waals surface area contributed by atoms with Crippen LogP contribution in [-0.4, -0.2) is 47.5 Å². The van der Waals surface area contributed by atoms with Crippen LogP contribution in [0.3, 0.4) is 0 Å². The fourth-order valence-corrected chi connectivity index (χ4v) is 4.32. The van der Waals surface area contributed by atoms with E-state index >= 15 is 0 Å². The Morgan fingerprint density at radius 2 is 1.54 bits per heavy atom. The first kappa shape index (κ1) is 32.5. The maximum absolute atomic E-state index is 14.2. The van der Waals surface area contributed by atoms with Crippen molar-refractivity contribution in [3.8, 4) is 0 Å². The third-order valence-corrected chi connectivity index (χ3v) is 6.39. The molecule has 0 aliphatic rings. The molecule has 1 aromatic carbocycles. The zero-order valence-corrected chi connectivity index (χ0v) is 24.7. The number of nitrogens with zero attached hydrogens (tertiary/aromatic N) is 1. The number of alkyl carbamates (subject to hydrolysis) is 1. The molecule has 1 rings (SSSR count). The molecule has 1 aromatic rings. The van der Waals surface area contributed by atoms with Gasteiger partial charge in [-0.1, -0.05) is 82.7 Å². The van der Waals surface area contributed by atoms with E-state index in [1.54, 1.807) is 25.7 Å². The van der Waals surface area contributed by atoms with Gasteiger partial charge in [0.15, 0.2) is 0 Å². The molecule has 0 heterocycles. The molecule has 0 radical (unpaired) electrons. The Bertz CT molecular complexity index is 858. The maximum Gasteiger partial charge on any atom is 0.408 e. The summed E-state index contributed by atoms with van der Waals surface area (Å²) in [6.45, 7) is 18.5. The molecule has 0 saturated carbocycles. The summed E-state index contributed by atoms with van der Waals surface area (Å²) in [5.41, 5.74) is 2.17. The van der Waals surface area contributed by atoms with Crippen molar-refractivity contribution in [2.45, 2.75) is 119 Å². The summed E-state index contributed by atoms with van der Waals surface area (Å²) in [6, 6.07) is 4.43. The van der Waals surface area contributed by atoms with Gasteiger partial charge in [0.2, 0.25) is 11.8 Å². The molecule has 210 valence electrons. The van der Waals surface area contributed by atoms with Crippen molar-refractivity contribution in [1.29, 1.82) is 0 Å². The van der Waals surface area contributed by atoms with Crippen molar-refractivity contribution < 1.29 is 19.1 Å². The highest BCUT2D eigenvalue weighted by atomic mass is 16.6. The van der Waals surface area contributed by atoms with Crippen LogP contribution in [0.2, 0.25) is 0 Å². The Balaban J connectivity index is 3.53. The summed E-state index contributed by atoms with van der Waals surface area (Å²) in [5.74, 6) is -0.591. The van der Waals surface area contributed by atoms with E-state index in [1.807, 2.05) is 39.8 Å². The smallest absolute Gasteiger partial charge is 0.408 e. The molecule has 3 amide bonds. The minimum atomic E-state index is -0.807. The van der Waals surface area contributed by atoms with Crippen molar-refractivity contribution >= 4 is 17.9 Å². The second-order valence-electron chi connectivity index (χ2n) is 11.2. The van der Waals surface area contributed by atoms with Gasteiger partial charge in [0.1, 0.15) is 17.7 Å². The molecule has 0 saturated heterocycles. The van der Waals surface area contributed by atoms with Gasteiger partial charge in [-0.05, 0) is 58.9 Å². The molecule has 7 nitrogen and oxygen atoms in total. The van der Waals surface area contributed by atoms with Gasteiger partial charge in [-0.3, -0.25) is 9.59 Å². The lowest BCUT2D eigenvalue weighted by Crippen LogP contribution is -2.55. The highest BCUT2D eigenvalue weighted by Gasteiger charge is 2.38. The summed E-state index contributed by atoms with van der Waals surface area (Å²) in [7, 11) is 0. The Labute approximate surface area is 225 Å². The van der Waals surface area contributed by atoms with Crippen molar-refractivity contribution in [1.82, 2.24) is 15.5 Å². The van der Waals surface area contributed by atoms with Crippen LogP contribution in [0.25, 0.3) is 0 Å². The number of unbranched alkanes of at least 4 members (excludes halogenated alkanes) is 3. The van der Waals surface area contributed by atoms with E-state index in [0.29, 0.717) is 19.5 Å². The fourth-order valence-electron chi connectivity index (χ4n) is 4.32. The van der Waals surface area contributed by atoms with Gasteiger partial charge >= 0.3 is 6.09 Å². The summed E-state index contributed by atoms with van der Waals surface area (Å²) >= 11 is 0. The number of amides is 3. The molecule has 0 bridgehead atoms. The minimum Gasteiger partial charge on any atom is -0.444 e. The minimum absolute atomic E-state index is 0.142. The molecular weight excluding hydrogens is 466 g/mol. The van der Waals surface area contributed by atoms with E-state index in [0.717, 1.165) is 48.8 Å². The van der Waals surface area contributed by atoms with Gasteiger partial charge in [-0.25, -0.2) is 4.79 Å². The molecular formula is C30H51N3O4. The number of rotatable bonds is 14. The predicted molar refractivity (Wildman–Crippen MR) is 150 cm³/mol. The number of carbonyl (C=O) groups excluding carboxylic acids is 3. The van der Waals surface area contributed by atoms with Gasteiger partial charge in [-0.2, -0.15) is 0 Å². The van der Waals surface area contributed by atoms with E-state index in [9.17, 15) is 14.4 Å². The SMILES string of the molecule is CCCCCN(C(=O)C(NC(=O)OC(C)(C)C)C(C)CC)C(C(=O)NCCCC)c1cc(C)cc(C)c1. The van der Waals surface area contributed by atoms with E-state index in [2.05, 4.69) is 30.5 Å². The van der Waals surface area contributed by atoms with Crippen LogP contribution in [0.15, 0.2) is 18.2 Å². The third kappa shape index (κ3) is 11.1. The summed E-state index contributed by atoms with van der Waals surface area (Å²) in [6.07, 6.45) is 4.58. The highest BCUT2D eigenvalue weighted by Crippen LogP contribution is 2.27. The molecule has 0 spiro atoms. The molecule has 2 N–H and O–H groups in total. The summed E-state index contributed by atoms with van der Waals surface area (Å²) < 4.78 is 5.48. The predicted octanol–water partition coefficient (Wildman–Crippen LogP) is 6.22. The third-order valence-electron chi connectivity index (χ3n) is 6.39. The van der Waals surface area contributed by atoms with Gasteiger partial charge in [0.05, 0.1) is 0 Å². The van der Waals surface area contributed by atoms with Crippen molar-refractivity contribution in [2.75, 3.05) is 13.1 Å². The standard InChI is InChI=1S/C30H51N3O4/c1-10-13-15-17-33(28(35)25(23(6)12-3)32-29(36)37-30(7,8)9)26(27(34)31-16-14-11-2)24-19-21(4)18-22(5)20-24/h18-20,23,25-26H,10-17H2,1-9H3,(H,31,34)(H,32,36). The van der Waals surface area contributed by atoms with Gasteiger partial charge in [0, 0.05) is 13.1 Å². The van der Waals surface area contributed by atoms with E-state index < -0.39 is 23.8 Å². The van der Waals surface area contributed by atoms with Crippen LogP contribution in [0.5, 0.6) is 0 Å². The van der Waals surface area contributed by atoms with E-state index in [4.69, 9.17) is 4.74 Å². The number of nitrogens with one attached hydrogen (secondary N) is 2. The molecule has 0 aliphatic carbocycles. The average molecular weight is 518 g/mol. The molecule has 3 unspecified atom stereocenters. The first-order valence-electron chi connectivity index (χ1n) is 14.0. The molecule has 0 aliphatic heterocycles. The first-order chi connectivity index (χ1) is 17.3. The number of hydrogen-bond donors (Lipinski definition) is 2. The first-order valence-corrected chi connectivity index (χ1v) is 14.0. The maximum atomic E-state index is 14.2. The normalized spacial score (nSPS) is 13.9. The number of ether oxygens (including phenoxy) is 1. The molecule has 37 heavy (non-hydrogen) atoms. The Hall–Kier alpha value is -2.57. The number of benzene rings is 1. The monoisotopic (exact) mass is 517 g/mol. The summed E-state index contributed by atoms with van der Waals surface area (Å²) in [5, 5.41) is 5.89. The van der Waals surface area contributed by atoms with Gasteiger partial charge < -0.3 is 20.3 Å². The Kier molecular flexibility index (Phi) is 13.7. The van der Waals surface area contributed by atoms with Crippen LogP contribution in [0.1, 0.15) is 110 Å². The van der Waals surface area contributed by atoms with Crippen LogP contribution < -0.4 is 10.6 Å². The van der Waals surface area contributed by atoms with Crippen molar-refractivity contribution in [3.63, 3.8) is 0 Å². The van der Waals surface area contributed by atoms with Crippen molar-refractivity contribution in [3.05, 3.63) is 34.9 Å². The zero-order valence-electron chi connectivity index (χ0n) is 24.7. The topological polar surface area (TPSA) is 87.7 Å². The van der Waals surface area contributed by atoms with E-state index in [-0.39, 0.29) is 17.7 Å². The Morgan fingerprint density at radius 1 is 0.946 bits per heavy atom. The van der Waals surface area contributed by atoms with Crippen LogP contribution in [0, 0.1) is 19.8 Å². The second-order valence-corrected chi connectivity index (χ2v) is 11.2. The average Bonchev–Trinajstić information content (AvgIpc) is 2.79. The van der Waals surface area contributed by atoms with Crippen LogP contribution >= 0.6 is 0 Å². The van der Waals surface area contributed by atoms with Gasteiger partial charge in [-0.15, -0.1) is 0 Å². The second kappa shape index (κ2) is 15.6. The summed E-state index contributed by atoms with van der Waals surface area (Å²) in [4.78, 5) is 42.3. The fraction of sp³-hybridized carbons (Fsp3) is 0.700. The molecule has 3 atom stereocenters. The van der Waals surface area contributed by atoms with Gasteiger partial charge in [0.25, 0.3) is 0 Å². The van der Waals surface area contributed by atoms with Crippen LogP contribution in [0.4, 0.5) is 4.79 Å². The Morgan fingerprint density at radius 3 is 2.05 bits per heavy atom. The lowest BCUT2D eigenvalue weighted by atomic mass is 9.94. The number of hydrogen-bond acceptors (Lipinski definition) is 4. The van der Waals surface area contributed by atoms with Crippen molar-refractivity contribution in [2.24, 2.45) is 5.92 Å². The van der Waals surface area contributed by atoms with Crippen LogP contribution in [-0.2, 0) is 14.3 Å². The molecule has 7 heteroatoms. The quantitative estimate of drug-likeness (QED) is 0.287. The number of carbonyl (C=O) groups is 3. The lowest BCUT2D eigenvalue weighted by Gasteiger charge is -2.36. The highest BCUT2D eigenvalue weighted by molar-refractivity contribution is 5.92. The molecule has 0 fully saturated rings. The largest absolute Gasteiger partial charge is 0.444 e. The lowest BCUT2D eigenvalue weighted by molar-refractivity contribution is -0.143. The number of aryl methyl sites for hydroxylation is 2. The van der Waals surface area contributed by atoms with E-state index in [1.165, 1.54) is 0 Å². The zero-order chi connectivity index (χ0) is 28.2.